The zero-order chi connectivity index (χ0) is 20.1. The van der Waals surface area contributed by atoms with Gasteiger partial charge >= 0.3 is 0 Å². The Kier molecular flexibility index (Phi) is 6.73. The summed E-state index contributed by atoms with van der Waals surface area (Å²) < 4.78 is 6.96. The molecule has 1 atom stereocenters. The van der Waals surface area contributed by atoms with Gasteiger partial charge in [-0.15, -0.1) is 5.10 Å². The van der Waals surface area contributed by atoms with E-state index < -0.39 is 6.10 Å². The normalized spacial score (nSPS) is 16.2. The van der Waals surface area contributed by atoms with E-state index in [9.17, 15) is 9.59 Å². The van der Waals surface area contributed by atoms with Crippen LogP contribution in [0.4, 0.5) is 0 Å². The average molecular weight is 404 g/mol. The zero-order valence-corrected chi connectivity index (χ0v) is 17.0. The van der Waals surface area contributed by atoms with E-state index in [1.54, 1.807) is 19.1 Å². The molecule has 0 aliphatic heterocycles. The van der Waals surface area contributed by atoms with Gasteiger partial charge in [0, 0.05) is 23.2 Å². The predicted octanol–water partition coefficient (Wildman–Crippen LogP) is 3.80. The molecule has 1 fully saturated rings. The molecule has 0 radical (unpaired) electrons. The molecule has 28 heavy (non-hydrogen) atoms. The number of rotatable bonds is 5. The number of nitrogens with one attached hydrogen (secondary N) is 1. The summed E-state index contributed by atoms with van der Waals surface area (Å²) in [6.45, 7) is 3.56. The van der Waals surface area contributed by atoms with Gasteiger partial charge in [0.2, 0.25) is 5.88 Å². The van der Waals surface area contributed by atoms with Gasteiger partial charge < -0.3 is 10.1 Å². The summed E-state index contributed by atoms with van der Waals surface area (Å²) in [5.74, 6) is 0.0490. The van der Waals surface area contributed by atoms with Crippen LogP contribution in [0.1, 0.15) is 51.0 Å². The van der Waals surface area contributed by atoms with Crippen molar-refractivity contribution in [2.45, 2.75) is 64.5 Å². The standard InChI is InChI=1S/C21H26ClN3O3/c1-14-9-10-16(22)13-18(14)25-20(26)12-11-19(24-25)28-15(2)21(27)23-17-7-5-3-4-6-8-17/h9-13,15,17H,3-8H2,1-2H3,(H,23,27)/t15-/m1/s1. The van der Waals surface area contributed by atoms with E-state index >= 15 is 0 Å². The first-order valence-electron chi connectivity index (χ1n) is 9.78. The molecular weight excluding hydrogens is 378 g/mol. The molecule has 1 aliphatic rings. The topological polar surface area (TPSA) is 73.2 Å². The number of aryl methyl sites for hydroxylation is 1. The fourth-order valence-corrected chi connectivity index (χ4v) is 3.58. The number of amides is 1. The summed E-state index contributed by atoms with van der Waals surface area (Å²) in [4.78, 5) is 24.8. The molecule has 6 nitrogen and oxygen atoms in total. The molecule has 1 saturated carbocycles. The van der Waals surface area contributed by atoms with E-state index in [1.165, 1.54) is 29.7 Å². The van der Waals surface area contributed by atoms with Gasteiger partial charge in [-0.25, -0.2) is 0 Å². The minimum atomic E-state index is -0.706. The summed E-state index contributed by atoms with van der Waals surface area (Å²) >= 11 is 6.06. The maximum absolute atomic E-state index is 12.5. The molecule has 7 heteroatoms. The van der Waals surface area contributed by atoms with Gasteiger partial charge in [-0.3, -0.25) is 9.59 Å². The maximum atomic E-state index is 12.5. The van der Waals surface area contributed by atoms with Crippen LogP contribution in [0.15, 0.2) is 35.1 Å². The summed E-state index contributed by atoms with van der Waals surface area (Å²) in [6.07, 6.45) is 6.06. The van der Waals surface area contributed by atoms with E-state index in [0.717, 1.165) is 31.2 Å². The highest BCUT2D eigenvalue weighted by Gasteiger charge is 2.21. The third kappa shape index (κ3) is 5.13. The van der Waals surface area contributed by atoms with Crippen LogP contribution >= 0.6 is 11.6 Å². The van der Waals surface area contributed by atoms with Crippen molar-refractivity contribution in [1.29, 1.82) is 0 Å². The molecule has 0 bridgehead atoms. The van der Waals surface area contributed by atoms with Gasteiger partial charge in [0.15, 0.2) is 6.10 Å². The van der Waals surface area contributed by atoms with Crippen LogP contribution in [-0.4, -0.2) is 27.8 Å². The lowest BCUT2D eigenvalue weighted by molar-refractivity contribution is -0.128. The average Bonchev–Trinajstić information content (AvgIpc) is 2.94. The SMILES string of the molecule is Cc1ccc(Cl)cc1-n1nc(O[C@H](C)C(=O)NC2CCCCCC2)ccc1=O. The van der Waals surface area contributed by atoms with Gasteiger partial charge in [0.05, 0.1) is 5.69 Å². The smallest absolute Gasteiger partial charge is 0.271 e. The molecule has 0 saturated heterocycles. The third-order valence-corrected chi connectivity index (χ3v) is 5.28. The minimum absolute atomic E-state index is 0.162. The largest absolute Gasteiger partial charge is 0.464 e. The Hall–Kier alpha value is -2.34. The first-order chi connectivity index (χ1) is 13.4. The van der Waals surface area contributed by atoms with Crippen LogP contribution in [0.2, 0.25) is 5.02 Å². The van der Waals surface area contributed by atoms with Gasteiger partial charge in [-0.05, 0) is 44.4 Å². The molecule has 1 N–H and O–H groups in total. The monoisotopic (exact) mass is 403 g/mol. The molecule has 1 aromatic carbocycles. The van der Waals surface area contributed by atoms with Crippen molar-refractivity contribution in [3.8, 4) is 11.6 Å². The first kappa shape index (κ1) is 20.4. The highest BCUT2D eigenvalue weighted by molar-refractivity contribution is 6.30. The summed E-state index contributed by atoms with van der Waals surface area (Å²) in [5.41, 5.74) is 1.14. The second-order valence-corrected chi connectivity index (χ2v) is 7.75. The number of hydrogen-bond acceptors (Lipinski definition) is 4. The minimum Gasteiger partial charge on any atom is -0.464 e. The number of ether oxygens (including phenoxy) is 1. The molecule has 150 valence electrons. The molecular formula is C21H26ClN3O3. The molecule has 0 unspecified atom stereocenters. The number of hydrogen-bond donors (Lipinski definition) is 1. The van der Waals surface area contributed by atoms with Crippen LogP contribution in [0.25, 0.3) is 5.69 Å². The number of aromatic nitrogens is 2. The van der Waals surface area contributed by atoms with Crippen molar-refractivity contribution >= 4 is 17.5 Å². The lowest BCUT2D eigenvalue weighted by Crippen LogP contribution is -2.42. The molecule has 1 amide bonds. The molecule has 2 aromatic rings. The Bertz CT molecular complexity index is 889. The molecule has 3 rings (SSSR count). The second-order valence-electron chi connectivity index (χ2n) is 7.31. The fourth-order valence-electron chi connectivity index (χ4n) is 3.42. The molecule has 1 heterocycles. The van der Waals surface area contributed by atoms with Crippen LogP contribution in [0.3, 0.4) is 0 Å². The van der Waals surface area contributed by atoms with E-state index in [2.05, 4.69) is 10.4 Å². The van der Waals surface area contributed by atoms with Crippen molar-refractivity contribution < 1.29 is 9.53 Å². The Morgan fingerprint density at radius 3 is 2.64 bits per heavy atom. The van der Waals surface area contributed by atoms with Crippen molar-refractivity contribution in [3.63, 3.8) is 0 Å². The Morgan fingerprint density at radius 2 is 1.93 bits per heavy atom. The highest BCUT2D eigenvalue weighted by Crippen LogP contribution is 2.19. The Morgan fingerprint density at radius 1 is 1.21 bits per heavy atom. The number of halogens is 1. The van der Waals surface area contributed by atoms with Gasteiger partial charge in [0.25, 0.3) is 11.5 Å². The van der Waals surface area contributed by atoms with Crippen LogP contribution in [-0.2, 0) is 4.79 Å². The van der Waals surface area contributed by atoms with Gasteiger partial charge in [-0.1, -0.05) is 43.4 Å². The quantitative estimate of drug-likeness (QED) is 0.770. The molecule has 0 spiro atoms. The summed E-state index contributed by atoms with van der Waals surface area (Å²) in [7, 11) is 0. The predicted molar refractivity (Wildman–Crippen MR) is 109 cm³/mol. The number of nitrogens with zero attached hydrogens (tertiary/aromatic N) is 2. The second kappa shape index (κ2) is 9.24. The Balaban J connectivity index is 1.72. The summed E-state index contributed by atoms with van der Waals surface area (Å²) in [5, 5.41) is 7.86. The lowest BCUT2D eigenvalue weighted by atomic mass is 10.1. The van der Waals surface area contributed by atoms with E-state index in [1.807, 2.05) is 13.0 Å². The summed E-state index contributed by atoms with van der Waals surface area (Å²) in [6, 6.07) is 8.31. The number of benzene rings is 1. The van der Waals surface area contributed by atoms with Gasteiger partial charge in [0.1, 0.15) is 0 Å². The van der Waals surface area contributed by atoms with E-state index in [0.29, 0.717) is 10.7 Å². The molecule has 1 aromatic heterocycles. The first-order valence-corrected chi connectivity index (χ1v) is 10.2. The zero-order valence-electron chi connectivity index (χ0n) is 16.3. The van der Waals surface area contributed by atoms with Crippen LogP contribution < -0.4 is 15.6 Å². The van der Waals surface area contributed by atoms with E-state index in [4.69, 9.17) is 16.3 Å². The van der Waals surface area contributed by atoms with Gasteiger partial charge in [-0.2, -0.15) is 4.68 Å². The molecule has 1 aliphatic carbocycles. The fraction of sp³-hybridized carbons (Fsp3) is 0.476. The lowest BCUT2D eigenvalue weighted by Gasteiger charge is -2.20. The number of carbonyl (C=O) groups is 1. The van der Waals surface area contributed by atoms with Crippen molar-refractivity contribution in [1.82, 2.24) is 15.1 Å². The van der Waals surface area contributed by atoms with E-state index in [-0.39, 0.29) is 23.4 Å². The van der Waals surface area contributed by atoms with Crippen molar-refractivity contribution in [2.75, 3.05) is 0 Å². The van der Waals surface area contributed by atoms with Crippen LogP contribution in [0, 0.1) is 6.92 Å². The Labute approximate surface area is 169 Å². The third-order valence-electron chi connectivity index (χ3n) is 5.04. The maximum Gasteiger partial charge on any atom is 0.271 e. The van der Waals surface area contributed by atoms with Crippen LogP contribution in [0.5, 0.6) is 5.88 Å². The highest BCUT2D eigenvalue weighted by atomic mass is 35.5. The number of carbonyl (C=O) groups excluding carboxylic acids is 1. The van der Waals surface area contributed by atoms with Crippen molar-refractivity contribution in [3.05, 3.63) is 51.3 Å². The van der Waals surface area contributed by atoms with Crippen molar-refractivity contribution in [2.24, 2.45) is 0 Å².